The van der Waals surface area contributed by atoms with Crippen LogP contribution in [0.15, 0.2) is 35.5 Å². The lowest BCUT2D eigenvalue weighted by atomic mass is 10.2. The fraction of sp³-hybridized carbons (Fsp3) is 0.182. The van der Waals surface area contributed by atoms with Gasteiger partial charge in [0, 0.05) is 12.1 Å². The average Bonchev–Trinajstić information content (AvgIpc) is 2.85. The highest BCUT2D eigenvalue weighted by molar-refractivity contribution is 5.87. The van der Waals surface area contributed by atoms with Gasteiger partial charge in [-0.1, -0.05) is 0 Å². The molecule has 17 heavy (non-hydrogen) atoms. The van der Waals surface area contributed by atoms with Crippen molar-refractivity contribution in [2.24, 2.45) is 0 Å². The van der Waals surface area contributed by atoms with Crippen molar-refractivity contribution in [3.63, 3.8) is 0 Å². The molecule has 0 amide bonds. The van der Waals surface area contributed by atoms with E-state index in [-0.39, 0.29) is 5.76 Å². The van der Waals surface area contributed by atoms with E-state index in [0.29, 0.717) is 6.54 Å². The highest BCUT2D eigenvalue weighted by Gasteiger charge is 2.15. The normalized spacial score (nSPS) is 9.94. The number of carbonyl (C=O) groups excluding carboxylic acids is 1. The summed E-state index contributed by atoms with van der Waals surface area (Å²) < 4.78 is 9.66. The van der Waals surface area contributed by atoms with E-state index in [9.17, 15) is 4.79 Å². The highest BCUT2D eigenvalue weighted by Crippen LogP contribution is 2.13. The minimum Gasteiger partial charge on any atom is -0.463 e. The van der Waals surface area contributed by atoms with Crippen LogP contribution < -0.4 is 5.32 Å². The first-order valence-electron chi connectivity index (χ1n) is 4.95. The topological polar surface area (TPSA) is 77.2 Å². The number of rotatable bonds is 4. The number of aromatic nitrogens is 2. The summed E-state index contributed by atoms with van der Waals surface area (Å²) in [5, 5.41) is 3.07. The van der Waals surface area contributed by atoms with Crippen molar-refractivity contribution >= 4 is 11.7 Å². The molecule has 6 heteroatoms. The van der Waals surface area contributed by atoms with Crippen molar-refractivity contribution < 1.29 is 13.9 Å². The van der Waals surface area contributed by atoms with Gasteiger partial charge >= 0.3 is 5.97 Å². The van der Waals surface area contributed by atoms with E-state index in [1.165, 1.54) is 19.7 Å². The molecule has 0 saturated heterocycles. The van der Waals surface area contributed by atoms with Crippen LogP contribution in [0, 0.1) is 0 Å². The minimum atomic E-state index is -0.490. The molecular formula is C11H11N3O3. The van der Waals surface area contributed by atoms with Crippen molar-refractivity contribution in [2.75, 3.05) is 12.4 Å². The summed E-state index contributed by atoms with van der Waals surface area (Å²) in [5.41, 5.74) is 1.49. The number of hydrogen-bond acceptors (Lipinski definition) is 6. The van der Waals surface area contributed by atoms with Crippen molar-refractivity contribution in [1.82, 2.24) is 9.97 Å². The molecule has 0 aliphatic rings. The van der Waals surface area contributed by atoms with E-state index in [2.05, 4.69) is 20.0 Å². The van der Waals surface area contributed by atoms with Gasteiger partial charge in [-0.2, -0.15) is 0 Å². The lowest BCUT2D eigenvalue weighted by molar-refractivity contribution is 0.0563. The second kappa shape index (κ2) is 5.11. The third kappa shape index (κ3) is 2.60. The van der Waals surface area contributed by atoms with E-state index in [4.69, 9.17) is 4.42 Å². The summed E-state index contributed by atoms with van der Waals surface area (Å²) in [6, 6.07) is 1.71. The summed E-state index contributed by atoms with van der Waals surface area (Å²) >= 11 is 0. The Balaban J connectivity index is 2.05. The Morgan fingerprint density at radius 1 is 1.47 bits per heavy atom. The second-order valence-electron chi connectivity index (χ2n) is 3.25. The number of nitrogens with one attached hydrogen (secondary N) is 1. The summed E-state index contributed by atoms with van der Waals surface area (Å²) in [6.07, 6.45) is 6.18. The van der Waals surface area contributed by atoms with Gasteiger partial charge in [-0.3, -0.25) is 0 Å². The maximum atomic E-state index is 11.3. The first-order valence-corrected chi connectivity index (χ1v) is 4.95. The highest BCUT2D eigenvalue weighted by atomic mass is 16.5. The van der Waals surface area contributed by atoms with Gasteiger partial charge in [-0.15, -0.1) is 0 Å². The number of esters is 1. The summed E-state index contributed by atoms with van der Waals surface area (Å²) in [4.78, 5) is 19.1. The van der Waals surface area contributed by atoms with Crippen molar-refractivity contribution in [3.05, 3.63) is 42.4 Å². The zero-order valence-electron chi connectivity index (χ0n) is 9.21. The molecular weight excluding hydrogens is 222 g/mol. The molecule has 0 spiro atoms. The van der Waals surface area contributed by atoms with Crippen LogP contribution in [-0.4, -0.2) is 23.0 Å². The van der Waals surface area contributed by atoms with Crippen LogP contribution in [0.4, 0.5) is 5.69 Å². The van der Waals surface area contributed by atoms with Gasteiger partial charge in [0.25, 0.3) is 0 Å². The Morgan fingerprint density at radius 2 is 2.24 bits per heavy atom. The molecule has 0 fully saturated rings. The van der Waals surface area contributed by atoms with E-state index in [0.717, 1.165) is 11.3 Å². The molecule has 0 aromatic carbocycles. The summed E-state index contributed by atoms with van der Waals surface area (Å²) in [5.74, 6) is -0.284. The standard InChI is InChI=1S/C11H11N3O3/c1-16-11(15)10-8(2-3-17-10)4-14-9-5-12-7-13-6-9/h2-3,5-7,14H,4H2,1H3. The first-order chi connectivity index (χ1) is 8.31. The van der Waals surface area contributed by atoms with E-state index >= 15 is 0 Å². The first kappa shape index (κ1) is 11.1. The molecule has 0 atom stereocenters. The number of methoxy groups -OCH3 is 1. The summed E-state index contributed by atoms with van der Waals surface area (Å²) in [6.45, 7) is 0.439. The third-order valence-corrected chi connectivity index (χ3v) is 2.16. The summed E-state index contributed by atoms with van der Waals surface area (Å²) in [7, 11) is 1.31. The smallest absolute Gasteiger partial charge is 0.374 e. The molecule has 0 bridgehead atoms. The van der Waals surface area contributed by atoms with Crippen LogP contribution in [0.1, 0.15) is 16.1 Å². The number of nitrogens with zero attached hydrogens (tertiary/aromatic N) is 2. The van der Waals surface area contributed by atoms with Crippen LogP contribution >= 0.6 is 0 Å². The van der Waals surface area contributed by atoms with Crippen LogP contribution in [0.5, 0.6) is 0 Å². The van der Waals surface area contributed by atoms with E-state index in [1.807, 2.05) is 0 Å². The fourth-order valence-electron chi connectivity index (χ4n) is 1.33. The number of furan rings is 1. The molecule has 0 unspecified atom stereocenters. The maximum Gasteiger partial charge on any atom is 0.374 e. The number of hydrogen-bond donors (Lipinski definition) is 1. The Labute approximate surface area is 97.6 Å². The second-order valence-corrected chi connectivity index (χ2v) is 3.25. The van der Waals surface area contributed by atoms with Crippen LogP contribution in [0.25, 0.3) is 0 Å². The van der Waals surface area contributed by atoms with Gasteiger partial charge in [-0.05, 0) is 6.07 Å². The van der Waals surface area contributed by atoms with Gasteiger partial charge in [-0.25, -0.2) is 14.8 Å². The Kier molecular flexibility index (Phi) is 3.34. The molecule has 0 aliphatic heterocycles. The predicted octanol–water partition coefficient (Wildman–Crippen LogP) is 1.47. The molecule has 0 radical (unpaired) electrons. The molecule has 6 nitrogen and oxygen atoms in total. The average molecular weight is 233 g/mol. The molecule has 2 aromatic heterocycles. The van der Waals surface area contributed by atoms with Gasteiger partial charge in [0.2, 0.25) is 5.76 Å². The third-order valence-electron chi connectivity index (χ3n) is 2.16. The lowest BCUT2D eigenvalue weighted by Gasteiger charge is -2.04. The van der Waals surface area contributed by atoms with Crippen LogP contribution in [-0.2, 0) is 11.3 Å². The monoisotopic (exact) mass is 233 g/mol. The zero-order valence-corrected chi connectivity index (χ0v) is 9.21. The van der Waals surface area contributed by atoms with Crippen LogP contribution in [0.2, 0.25) is 0 Å². The Morgan fingerprint density at radius 3 is 2.94 bits per heavy atom. The number of carbonyl (C=O) groups is 1. The molecule has 0 saturated carbocycles. The SMILES string of the molecule is COC(=O)c1occc1CNc1cncnc1. The number of ether oxygens (including phenoxy) is 1. The fourth-order valence-corrected chi connectivity index (χ4v) is 1.33. The molecule has 88 valence electrons. The van der Waals surface area contributed by atoms with E-state index in [1.54, 1.807) is 18.5 Å². The van der Waals surface area contributed by atoms with Crippen molar-refractivity contribution in [2.45, 2.75) is 6.54 Å². The molecule has 2 rings (SSSR count). The van der Waals surface area contributed by atoms with Gasteiger partial charge in [0.1, 0.15) is 6.33 Å². The zero-order chi connectivity index (χ0) is 12.1. The van der Waals surface area contributed by atoms with Crippen molar-refractivity contribution in [3.8, 4) is 0 Å². The van der Waals surface area contributed by atoms with Gasteiger partial charge < -0.3 is 14.5 Å². The van der Waals surface area contributed by atoms with Gasteiger partial charge in [0.05, 0.1) is 31.5 Å². The Bertz CT molecular complexity index is 496. The quantitative estimate of drug-likeness (QED) is 0.806. The largest absolute Gasteiger partial charge is 0.463 e. The molecule has 0 aliphatic carbocycles. The minimum absolute atomic E-state index is 0.205. The molecule has 2 aromatic rings. The Hall–Kier alpha value is -2.37. The van der Waals surface area contributed by atoms with Crippen molar-refractivity contribution in [1.29, 1.82) is 0 Å². The lowest BCUT2D eigenvalue weighted by Crippen LogP contribution is -2.07. The maximum absolute atomic E-state index is 11.3. The van der Waals surface area contributed by atoms with Gasteiger partial charge in [0.15, 0.2) is 0 Å². The molecule has 2 heterocycles. The van der Waals surface area contributed by atoms with Crippen LogP contribution in [0.3, 0.4) is 0 Å². The number of anilines is 1. The predicted molar refractivity (Wildman–Crippen MR) is 59.4 cm³/mol. The molecule has 1 N–H and O–H groups in total. The van der Waals surface area contributed by atoms with E-state index < -0.39 is 5.97 Å².